The number of anilines is 1. The molecule has 2 amide bonds. The van der Waals surface area contributed by atoms with Crippen molar-refractivity contribution < 1.29 is 27.8 Å². The van der Waals surface area contributed by atoms with Gasteiger partial charge >= 0.3 is 6.61 Å². The number of hydrogen-bond acceptors (Lipinski definition) is 8. The van der Waals surface area contributed by atoms with Gasteiger partial charge in [0.2, 0.25) is 0 Å². The fourth-order valence-corrected chi connectivity index (χ4v) is 4.98. The summed E-state index contributed by atoms with van der Waals surface area (Å²) in [6, 6.07) is 11.2. The third-order valence-electron chi connectivity index (χ3n) is 7.10. The normalized spacial score (nSPS) is 13.3. The van der Waals surface area contributed by atoms with Crippen LogP contribution in [-0.4, -0.2) is 73.9 Å². The topological polar surface area (TPSA) is 128 Å². The molecule has 44 heavy (non-hydrogen) atoms. The highest BCUT2D eigenvalue weighted by Crippen LogP contribution is 2.39. The summed E-state index contributed by atoms with van der Waals surface area (Å²) in [4.78, 5) is 32.4. The summed E-state index contributed by atoms with van der Waals surface area (Å²) < 4.78 is 40.6. The molecule has 5 aromatic rings. The quantitative estimate of drug-likeness (QED) is 0.272. The number of rotatable bonds is 8. The predicted octanol–water partition coefficient (Wildman–Crippen LogP) is 4.13. The number of fused-ring (bicyclic) bond motifs is 1. The molecule has 0 aliphatic carbocycles. The van der Waals surface area contributed by atoms with E-state index in [1.807, 2.05) is 6.92 Å². The molecule has 0 spiro atoms. The lowest BCUT2D eigenvalue weighted by Crippen LogP contribution is -2.46. The van der Waals surface area contributed by atoms with E-state index in [0.717, 1.165) is 18.7 Å². The summed E-state index contributed by atoms with van der Waals surface area (Å²) in [5.41, 5.74) is 2.44. The second-order valence-electron chi connectivity index (χ2n) is 10.1. The van der Waals surface area contributed by atoms with E-state index in [9.17, 15) is 18.4 Å². The van der Waals surface area contributed by atoms with Crippen molar-refractivity contribution in [1.82, 2.24) is 34.6 Å². The Bertz CT molecular complexity index is 1850. The van der Waals surface area contributed by atoms with Gasteiger partial charge in [-0.05, 0) is 48.9 Å². The second kappa shape index (κ2) is 12.1. The fraction of sp³-hybridized carbons (Fsp3) is 0.233. The lowest BCUT2D eigenvalue weighted by Gasteiger charge is -2.28. The monoisotopic (exact) mass is 602 g/mol. The molecule has 1 saturated heterocycles. The number of amides is 2. The van der Waals surface area contributed by atoms with Crippen molar-refractivity contribution in [1.29, 1.82) is 0 Å². The number of carbonyl (C=O) groups excluding carboxylic acids is 2. The first-order valence-electron chi connectivity index (χ1n) is 13.8. The molecule has 1 aliphatic rings. The SMILES string of the molecule is Cc1ccc(Oc2ccc(OC(F)F)c(-c3nn(C)cc3NC(=O)c3cnn4cccnc34)c2)cc1C(=O)N1CCNCC1. The lowest BCUT2D eigenvalue weighted by molar-refractivity contribution is -0.0494. The van der Waals surface area contributed by atoms with Crippen LogP contribution in [0.25, 0.3) is 16.9 Å². The summed E-state index contributed by atoms with van der Waals surface area (Å²) in [6.45, 7) is 1.41. The summed E-state index contributed by atoms with van der Waals surface area (Å²) >= 11 is 0. The highest BCUT2D eigenvalue weighted by atomic mass is 19.3. The third kappa shape index (κ3) is 5.92. The minimum absolute atomic E-state index is 0.0916. The number of benzene rings is 2. The Kier molecular flexibility index (Phi) is 7.89. The van der Waals surface area contributed by atoms with E-state index >= 15 is 0 Å². The van der Waals surface area contributed by atoms with E-state index in [1.54, 1.807) is 54.8 Å². The number of hydrogen-bond donors (Lipinski definition) is 2. The van der Waals surface area contributed by atoms with E-state index in [1.165, 1.54) is 33.6 Å². The minimum atomic E-state index is -3.11. The van der Waals surface area contributed by atoms with Crippen LogP contribution in [-0.2, 0) is 7.05 Å². The van der Waals surface area contributed by atoms with Gasteiger partial charge in [0.05, 0.1) is 17.4 Å². The molecule has 4 heterocycles. The first-order valence-corrected chi connectivity index (χ1v) is 13.8. The average molecular weight is 603 g/mol. The van der Waals surface area contributed by atoms with Crippen molar-refractivity contribution >= 4 is 23.1 Å². The molecule has 0 unspecified atom stereocenters. The average Bonchev–Trinajstić information content (AvgIpc) is 3.62. The van der Waals surface area contributed by atoms with Crippen molar-refractivity contribution in [3.05, 3.63) is 83.9 Å². The second-order valence-corrected chi connectivity index (χ2v) is 10.1. The van der Waals surface area contributed by atoms with Gasteiger partial charge < -0.3 is 25.0 Å². The molecular weight excluding hydrogens is 574 g/mol. The van der Waals surface area contributed by atoms with Crippen molar-refractivity contribution in [2.75, 3.05) is 31.5 Å². The Hall–Kier alpha value is -5.37. The number of aromatic nitrogens is 5. The number of nitrogens with one attached hydrogen (secondary N) is 2. The van der Waals surface area contributed by atoms with Gasteiger partial charge in [-0.1, -0.05) is 6.07 Å². The molecule has 2 N–H and O–H groups in total. The molecule has 14 heteroatoms. The van der Waals surface area contributed by atoms with Gasteiger partial charge in [-0.15, -0.1) is 0 Å². The van der Waals surface area contributed by atoms with Gasteiger partial charge in [-0.3, -0.25) is 14.3 Å². The summed E-state index contributed by atoms with van der Waals surface area (Å²) in [5, 5.41) is 14.6. The predicted molar refractivity (Wildman–Crippen MR) is 156 cm³/mol. The third-order valence-corrected chi connectivity index (χ3v) is 7.10. The molecule has 1 fully saturated rings. The molecule has 12 nitrogen and oxygen atoms in total. The van der Waals surface area contributed by atoms with Gasteiger partial charge in [0.25, 0.3) is 11.8 Å². The highest BCUT2D eigenvalue weighted by molar-refractivity contribution is 6.09. The molecule has 0 bridgehead atoms. The molecule has 6 rings (SSSR count). The Morgan fingerprint density at radius 3 is 2.64 bits per heavy atom. The Morgan fingerprint density at radius 1 is 1.07 bits per heavy atom. The van der Waals surface area contributed by atoms with Crippen LogP contribution in [0.2, 0.25) is 0 Å². The first-order chi connectivity index (χ1) is 21.3. The maximum atomic E-state index is 13.4. The molecule has 0 radical (unpaired) electrons. The highest BCUT2D eigenvalue weighted by Gasteiger charge is 2.23. The zero-order chi connectivity index (χ0) is 30.8. The Morgan fingerprint density at radius 2 is 1.84 bits per heavy atom. The maximum absolute atomic E-state index is 13.4. The van der Waals surface area contributed by atoms with Gasteiger partial charge in [0, 0.05) is 57.4 Å². The Balaban J connectivity index is 1.32. The van der Waals surface area contributed by atoms with E-state index in [2.05, 4.69) is 25.8 Å². The first kappa shape index (κ1) is 28.7. The zero-order valence-corrected chi connectivity index (χ0v) is 23.8. The number of nitrogens with zero attached hydrogens (tertiary/aromatic N) is 6. The molecule has 0 saturated carbocycles. The van der Waals surface area contributed by atoms with Crippen molar-refractivity contribution in [2.24, 2.45) is 7.05 Å². The number of carbonyl (C=O) groups is 2. The smallest absolute Gasteiger partial charge is 0.387 e. The van der Waals surface area contributed by atoms with Crippen LogP contribution in [0.3, 0.4) is 0 Å². The lowest BCUT2D eigenvalue weighted by atomic mass is 10.1. The van der Waals surface area contributed by atoms with Crippen LogP contribution in [0.5, 0.6) is 17.2 Å². The molecule has 0 atom stereocenters. The zero-order valence-electron chi connectivity index (χ0n) is 23.8. The molecule has 226 valence electrons. The largest absolute Gasteiger partial charge is 0.457 e. The van der Waals surface area contributed by atoms with Gasteiger partial charge in [-0.2, -0.15) is 19.0 Å². The van der Waals surface area contributed by atoms with Crippen LogP contribution in [0, 0.1) is 6.92 Å². The summed E-state index contributed by atoms with van der Waals surface area (Å²) in [7, 11) is 1.63. The van der Waals surface area contributed by atoms with Crippen molar-refractivity contribution in [3.63, 3.8) is 0 Å². The number of halogens is 2. The molecule has 3 aromatic heterocycles. The van der Waals surface area contributed by atoms with Crippen LogP contribution >= 0.6 is 0 Å². The maximum Gasteiger partial charge on any atom is 0.387 e. The summed E-state index contributed by atoms with van der Waals surface area (Å²) in [5.74, 6) is -0.111. The number of alkyl halides is 2. The van der Waals surface area contributed by atoms with Crippen LogP contribution in [0.1, 0.15) is 26.3 Å². The minimum Gasteiger partial charge on any atom is -0.457 e. The van der Waals surface area contributed by atoms with E-state index in [-0.39, 0.29) is 39.9 Å². The van der Waals surface area contributed by atoms with Crippen LogP contribution < -0.4 is 20.1 Å². The molecule has 1 aliphatic heterocycles. The van der Waals surface area contributed by atoms with Crippen LogP contribution in [0.15, 0.2) is 67.3 Å². The Labute approximate surface area is 250 Å². The number of ether oxygens (including phenoxy) is 2. The molecule has 2 aromatic carbocycles. The molecular formula is C30H28F2N8O4. The van der Waals surface area contributed by atoms with Crippen molar-refractivity contribution in [3.8, 4) is 28.5 Å². The van der Waals surface area contributed by atoms with Crippen molar-refractivity contribution in [2.45, 2.75) is 13.5 Å². The number of piperazine rings is 1. The van der Waals surface area contributed by atoms with Crippen LogP contribution in [0.4, 0.5) is 14.5 Å². The van der Waals surface area contributed by atoms with Gasteiger partial charge in [-0.25, -0.2) is 9.50 Å². The fourth-order valence-electron chi connectivity index (χ4n) is 4.98. The van der Waals surface area contributed by atoms with Gasteiger partial charge in [0.15, 0.2) is 5.65 Å². The van der Waals surface area contributed by atoms with E-state index in [0.29, 0.717) is 30.0 Å². The summed E-state index contributed by atoms with van der Waals surface area (Å²) in [6.07, 6.45) is 6.13. The number of aryl methyl sites for hydroxylation is 2. The van der Waals surface area contributed by atoms with Gasteiger partial charge in [0.1, 0.15) is 28.5 Å². The van der Waals surface area contributed by atoms with E-state index < -0.39 is 12.5 Å². The standard InChI is InChI=1S/C30H28F2N8O4/c1-18-4-5-19(14-21(18)29(42)39-12-9-33-10-13-39)43-20-6-7-25(44-30(31)32)22(15-20)26-24(17-38(2)37-26)36-28(41)23-16-35-40-11-3-8-34-27(23)40/h3-8,11,14-17,30,33H,9-10,12-13H2,1-2H3,(H,36,41). The van der Waals surface area contributed by atoms with E-state index in [4.69, 9.17) is 9.47 Å².